The summed E-state index contributed by atoms with van der Waals surface area (Å²) in [5, 5.41) is 18.7. The molecule has 156 valence electrons. The van der Waals surface area contributed by atoms with Gasteiger partial charge in [0.2, 0.25) is 0 Å². The Kier molecular flexibility index (Phi) is 4.89. The van der Waals surface area contributed by atoms with E-state index >= 15 is 0 Å². The predicted molar refractivity (Wildman–Crippen MR) is 119 cm³/mol. The molecule has 3 N–H and O–H groups in total. The molecule has 0 saturated heterocycles. The van der Waals surface area contributed by atoms with Crippen LogP contribution in [-0.2, 0) is 6.42 Å². The maximum Gasteiger partial charge on any atom is 0.257 e. The first-order valence-corrected chi connectivity index (χ1v) is 10.6. The Morgan fingerprint density at radius 3 is 2.50 bits per heavy atom. The molecule has 2 atom stereocenters. The van der Waals surface area contributed by atoms with Crippen molar-refractivity contribution in [1.82, 2.24) is 4.90 Å². The third-order valence-electron chi connectivity index (χ3n) is 5.74. The number of nitrogens with one attached hydrogen (secondary N) is 2. The van der Waals surface area contributed by atoms with Crippen LogP contribution in [0.15, 0.2) is 45.3 Å². The van der Waals surface area contributed by atoms with Gasteiger partial charge in [-0.3, -0.25) is 14.4 Å². The molecule has 30 heavy (non-hydrogen) atoms. The lowest BCUT2D eigenvalue weighted by Crippen LogP contribution is -2.41. The fourth-order valence-electron chi connectivity index (χ4n) is 3.75. The van der Waals surface area contributed by atoms with Crippen LogP contribution in [0, 0.1) is 5.92 Å². The van der Waals surface area contributed by atoms with Gasteiger partial charge in [-0.2, -0.15) is 0 Å². The fourth-order valence-corrected chi connectivity index (χ4v) is 4.58. The minimum Gasteiger partial charge on any atom is -0.505 e. The van der Waals surface area contributed by atoms with Crippen molar-refractivity contribution in [3.63, 3.8) is 0 Å². The molecule has 1 unspecified atom stereocenters. The molecular formula is C22H23N3O4S. The van der Waals surface area contributed by atoms with Crippen LogP contribution in [0.1, 0.15) is 28.6 Å². The molecule has 1 saturated carbocycles. The minimum atomic E-state index is -0.638. The summed E-state index contributed by atoms with van der Waals surface area (Å²) in [6.07, 6.45) is 1.68. The maximum absolute atomic E-state index is 12.3. The molecule has 0 spiro atoms. The summed E-state index contributed by atoms with van der Waals surface area (Å²) in [4.78, 5) is 39.4. The molecule has 8 heteroatoms. The van der Waals surface area contributed by atoms with Crippen LogP contribution >= 0.6 is 11.3 Å². The number of aromatic hydroxyl groups is 1. The highest BCUT2D eigenvalue weighted by molar-refractivity contribution is 7.09. The lowest BCUT2D eigenvalue weighted by molar-refractivity contribution is 0.0824. The molecule has 1 heterocycles. The largest absolute Gasteiger partial charge is 0.505 e. The molecule has 0 radical (unpaired) electrons. The van der Waals surface area contributed by atoms with Gasteiger partial charge < -0.3 is 20.6 Å². The standard InChI is InChI=1S/C22H23N3O4S/c1-12-10-22(12,11-13-6-5-9-30-13)24-17-16(19(27)20(17)28)23-15-8-4-7-14(18(15)26)21(29)25(2)3/h4-9,12,23-24,26H,10-11H2,1-3H3/t12-,22?/m1/s1. The van der Waals surface area contributed by atoms with Crippen LogP contribution in [0.2, 0.25) is 0 Å². The van der Waals surface area contributed by atoms with Crippen molar-refractivity contribution in [3.05, 3.63) is 66.6 Å². The first-order valence-electron chi connectivity index (χ1n) is 9.68. The SMILES string of the molecule is C[C@@H]1CC1(Cc1cccs1)Nc1c(Nc2cccc(C(=O)N(C)C)c2O)c(=O)c1=O. The number of phenolic OH excluding ortho intramolecular Hbond substituents is 1. The average Bonchev–Trinajstić information content (AvgIpc) is 3.09. The normalized spacial score (nSPS) is 20.2. The monoisotopic (exact) mass is 425 g/mol. The molecule has 1 amide bonds. The molecule has 3 aromatic rings. The highest BCUT2D eigenvalue weighted by Crippen LogP contribution is 2.49. The highest BCUT2D eigenvalue weighted by atomic mass is 32.1. The topological polar surface area (TPSA) is 98.7 Å². The molecule has 1 fully saturated rings. The molecule has 2 aromatic carbocycles. The smallest absolute Gasteiger partial charge is 0.257 e. The second-order valence-corrected chi connectivity index (χ2v) is 9.11. The zero-order valence-electron chi connectivity index (χ0n) is 17.0. The Balaban J connectivity index is 1.60. The van der Waals surface area contributed by atoms with Gasteiger partial charge in [0.1, 0.15) is 11.4 Å². The number of benzene rings is 1. The lowest BCUT2D eigenvalue weighted by atomic mass is 10.1. The van der Waals surface area contributed by atoms with Crippen LogP contribution in [0.3, 0.4) is 0 Å². The van der Waals surface area contributed by atoms with Gasteiger partial charge in [-0.15, -0.1) is 11.3 Å². The number of rotatable bonds is 7. The number of amides is 1. The van der Waals surface area contributed by atoms with Crippen molar-refractivity contribution in [1.29, 1.82) is 0 Å². The van der Waals surface area contributed by atoms with E-state index in [0.29, 0.717) is 5.92 Å². The van der Waals surface area contributed by atoms with Gasteiger partial charge in [0.25, 0.3) is 16.8 Å². The second-order valence-electron chi connectivity index (χ2n) is 8.08. The Morgan fingerprint density at radius 1 is 1.20 bits per heavy atom. The van der Waals surface area contributed by atoms with E-state index in [4.69, 9.17) is 0 Å². The van der Waals surface area contributed by atoms with Crippen LogP contribution in [-0.4, -0.2) is 35.5 Å². The number of hydrogen-bond acceptors (Lipinski definition) is 7. The first kappa shape index (κ1) is 20.2. The number of carbonyl (C=O) groups is 1. The van der Waals surface area contributed by atoms with E-state index in [1.54, 1.807) is 37.6 Å². The minimum absolute atomic E-state index is 0.114. The lowest BCUT2D eigenvalue weighted by Gasteiger charge is -2.23. The van der Waals surface area contributed by atoms with Gasteiger partial charge >= 0.3 is 0 Å². The van der Waals surface area contributed by atoms with Gasteiger partial charge in [0.15, 0.2) is 5.75 Å². The number of nitrogens with zero attached hydrogens (tertiary/aromatic N) is 1. The number of hydrogen-bond donors (Lipinski definition) is 3. The van der Waals surface area contributed by atoms with E-state index in [1.807, 2.05) is 11.4 Å². The maximum atomic E-state index is 12.3. The van der Waals surface area contributed by atoms with E-state index in [2.05, 4.69) is 23.6 Å². The Morgan fingerprint density at radius 2 is 1.90 bits per heavy atom. The molecule has 1 aliphatic carbocycles. The van der Waals surface area contributed by atoms with E-state index in [1.165, 1.54) is 15.8 Å². The van der Waals surface area contributed by atoms with Crippen molar-refractivity contribution in [2.24, 2.45) is 5.92 Å². The predicted octanol–water partition coefficient (Wildman–Crippen LogP) is 2.93. The molecule has 0 aliphatic heterocycles. The van der Waals surface area contributed by atoms with Crippen LogP contribution in [0.4, 0.5) is 17.1 Å². The van der Waals surface area contributed by atoms with Gasteiger partial charge in [0, 0.05) is 30.9 Å². The summed E-state index contributed by atoms with van der Waals surface area (Å²) < 4.78 is 0. The van der Waals surface area contributed by atoms with Gasteiger partial charge in [0.05, 0.1) is 11.3 Å². The summed E-state index contributed by atoms with van der Waals surface area (Å²) in [5.41, 5.74) is -0.784. The number of thiophene rings is 1. The molecule has 0 bridgehead atoms. The number of para-hydroxylation sites is 1. The van der Waals surface area contributed by atoms with Crippen molar-refractivity contribution < 1.29 is 9.90 Å². The molecule has 4 rings (SSSR count). The summed E-state index contributed by atoms with van der Waals surface area (Å²) in [5.74, 6) is -0.254. The zero-order chi connectivity index (χ0) is 21.6. The van der Waals surface area contributed by atoms with Crippen molar-refractivity contribution in [2.75, 3.05) is 24.7 Å². The second kappa shape index (κ2) is 7.28. The highest BCUT2D eigenvalue weighted by Gasteiger charge is 2.52. The number of phenols is 1. The third kappa shape index (κ3) is 3.37. The number of anilines is 3. The van der Waals surface area contributed by atoms with E-state index < -0.39 is 10.9 Å². The van der Waals surface area contributed by atoms with Crippen molar-refractivity contribution in [2.45, 2.75) is 25.3 Å². The summed E-state index contributed by atoms with van der Waals surface area (Å²) in [7, 11) is 3.18. The van der Waals surface area contributed by atoms with Gasteiger partial charge in [-0.05, 0) is 35.9 Å². The number of carbonyl (C=O) groups excluding carboxylic acids is 1. The first-order chi connectivity index (χ1) is 14.2. The fraction of sp³-hybridized carbons (Fsp3) is 0.318. The average molecular weight is 426 g/mol. The van der Waals surface area contributed by atoms with Crippen LogP contribution in [0.25, 0.3) is 0 Å². The molecular weight excluding hydrogens is 402 g/mol. The Hall–Kier alpha value is -3.13. The van der Waals surface area contributed by atoms with E-state index in [9.17, 15) is 19.5 Å². The van der Waals surface area contributed by atoms with Crippen LogP contribution < -0.4 is 21.5 Å². The third-order valence-corrected chi connectivity index (χ3v) is 6.62. The van der Waals surface area contributed by atoms with Crippen LogP contribution in [0.5, 0.6) is 5.75 Å². The Bertz CT molecular complexity index is 1180. The molecule has 1 aliphatic rings. The van der Waals surface area contributed by atoms with Gasteiger partial charge in [-0.1, -0.05) is 19.1 Å². The van der Waals surface area contributed by atoms with Crippen molar-refractivity contribution in [3.8, 4) is 5.75 Å². The zero-order valence-corrected chi connectivity index (χ0v) is 17.8. The quantitative estimate of drug-likeness (QED) is 0.398. The van der Waals surface area contributed by atoms with E-state index in [0.717, 1.165) is 12.8 Å². The summed E-state index contributed by atoms with van der Waals surface area (Å²) >= 11 is 1.67. The Labute approximate surface area is 177 Å². The van der Waals surface area contributed by atoms with Gasteiger partial charge in [-0.25, -0.2) is 0 Å². The summed E-state index contributed by atoms with van der Waals surface area (Å²) in [6, 6.07) is 8.73. The van der Waals surface area contributed by atoms with E-state index in [-0.39, 0.29) is 39.8 Å². The molecule has 7 nitrogen and oxygen atoms in total. The van der Waals surface area contributed by atoms with Crippen molar-refractivity contribution >= 4 is 34.3 Å². The molecule has 1 aromatic heterocycles. The summed E-state index contributed by atoms with van der Waals surface area (Å²) in [6.45, 7) is 2.11.